The van der Waals surface area contributed by atoms with E-state index in [0.717, 1.165) is 0 Å². The van der Waals surface area contributed by atoms with E-state index in [1.807, 2.05) is 0 Å². The van der Waals surface area contributed by atoms with Crippen LogP contribution >= 0.6 is 0 Å². The highest BCUT2D eigenvalue weighted by molar-refractivity contribution is 6.94. The van der Waals surface area contributed by atoms with Crippen LogP contribution in [0.5, 0.6) is 0 Å². The summed E-state index contributed by atoms with van der Waals surface area (Å²) < 4.78 is 134. The van der Waals surface area contributed by atoms with Crippen LogP contribution in [0.2, 0.25) is 0 Å². The lowest BCUT2D eigenvalue weighted by Crippen LogP contribution is -2.87. The molecule has 0 aromatic rings. The molecule has 0 aromatic heterocycles. The van der Waals surface area contributed by atoms with Crippen molar-refractivity contribution >= 4 is 72.9 Å². The van der Waals surface area contributed by atoms with Gasteiger partial charge >= 0.3 is 72.9 Å². The Labute approximate surface area is 323 Å². The minimum atomic E-state index is -4.98. The van der Waals surface area contributed by atoms with Crippen molar-refractivity contribution in [2.75, 3.05) is 7.11 Å². The summed E-state index contributed by atoms with van der Waals surface area (Å²) in [6.45, 7) is 28.0. The molecule has 20 nitrogen and oxygen atoms in total. The van der Waals surface area contributed by atoms with Crippen LogP contribution in [0, 0.1) is 0 Å². The van der Waals surface area contributed by atoms with E-state index in [-0.39, 0.29) is 0 Å². The summed E-state index contributed by atoms with van der Waals surface area (Å²) in [5.41, 5.74) is 0. The summed E-state index contributed by atoms with van der Waals surface area (Å²) in [5, 5.41) is 0. The zero-order valence-electron chi connectivity index (χ0n) is 33.9. The van der Waals surface area contributed by atoms with Crippen LogP contribution in [0.3, 0.4) is 0 Å². The fraction of sp³-hybridized carbons (Fsp3) is 1.00. The Kier molecular flexibility index (Phi) is 15.5. The average molecular weight is 905 g/mol. The lowest BCUT2D eigenvalue weighted by Gasteiger charge is -2.55. The first-order valence-electron chi connectivity index (χ1n) is 18.0. The number of hydrogen-bond donors (Lipinski definition) is 0. The summed E-state index contributed by atoms with van der Waals surface area (Å²) >= 11 is 0. The van der Waals surface area contributed by atoms with Crippen molar-refractivity contribution in [2.45, 2.75) is 160 Å². The standard InChI is InChI=1S/C25H60O20Si8/c1-18(2)27-46-35-48(29-20(5)6)39-50(31-22(9)10)37-47(26-17,28-19(3)4)38-51(32-23(11)12)40-49(36-46,30-21(7)8)42-52(41-48,33-24(13)14)45-53(43-50,44-51)34-25(15)16/h18-25,46H,1-17H3/t46?,47?,48-,49?,50?,51-,52?,53?/m0/s1. The van der Waals surface area contributed by atoms with Gasteiger partial charge in [0.05, 0.1) is 0 Å². The topological polar surface area (TPSA) is 185 Å². The second-order valence-electron chi connectivity index (χ2n) is 14.5. The first-order valence-corrected chi connectivity index (χ1v) is 30.8. The molecule has 8 atom stereocenters. The maximum atomic E-state index is 6.94. The van der Waals surface area contributed by atoms with Crippen molar-refractivity contribution in [3.8, 4) is 0 Å². The molecule has 0 N–H and O–H groups in total. The third kappa shape index (κ3) is 12.0. The van der Waals surface area contributed by atoms with Gasteiger partial charge in [0.25, 0.3) is 0 Å². The molecule has 0 radical (unpaired) electrons. The van der Waals surface area contributed by atoms with Crippen LogP contribution in [-0.2, 0) is 85.1 Å². The van der Waals surface area contributed by atoms with E-state index in [2.05, 4.69) is 0 Å². The quantitative estimate of drug-likeness (QED) is 0.194. The fourth-order valence-corrected chi connectivity index (χ4v) is 38.7. The lowest BCUT2D eigenvalue weighted by molar-refractivity contribution is -0.156. The zero-order valence-corrected chi connectivity index (χ0v) is 42.0. The van der Waals surface area contributed by atoms with Gasteiger partial charge in [-0.25, -0.2) is 0 Å². The maximum Gasteiger partial charge on any atom is 0.668 e. The molecule has 4 fully saturated rings. The predicted molar refractivity (Wildman–Crippen MR) is 196 cm³/mol. The average Bonchev–Trinajstić information content (AvgIpc) is 2.86. The van der Waals surface area contributed by atoms with Gasteiger partial charge in [0.1, 0.15) is 0 Å². The Hall–Kier alpha value is 0.935. The predicted octanol–water partition coefficient (Wildman–Crippen LogP) is 3.04. The minimum Gasteiger partial charge on any atom is -0.374 e. The SMILES string of the molecule is CO[Si]1(OC(C)C)O[Si]2(OC(C)C)O[Si]3(OC(C)C)O[Si]4(OC(C)C)O[Si](OC(C)C)(O[SiH](OC(C)C)O[Si@@](OC(C)C)(O2)O4)O[Si@](OC(C)C)(O1)O3. The summed E-state index contributed by atoms with van der Waals surface area (Å²) in [6, 6.07) is 0. The van der Waals surface area contributed by atoms with Crippen LogP contribution in [0.15, 0.2) is 0 Å². The van der Waals surface area contributed by atoms with E-state index in [1.165, 1.54) is 7.11 Å². The Morgan fingerprint density at radius 3 is 0.811 bits per heavy atom. The van der Waals surface area contributed by atoms with Gasteiger partial charge in [-0.05, 0) is 111 Å². The Morgan fingerprint density at radius 1 is 0.321 bits per heavy atom. The second kappa shape index (κ2) is 17.7. The van der Waals surface area contributed by atoms with Crippen molar-refractivity contribution in [2.24, 2.45) is 0 Å². The minimum absolute atomic E-state index is 0.447. The van der Waals surface area contributed by atoms with E-state index in [9.17, 15) is 0 Å². The molecule has 4 aliphatic heterocycles. The second-order valence-corrected chi connectivity index (χ2v) is 33.6. The van der Waals surface area contributed by atoms with Gasteiger partial charge in [-0.1, -0.05) is 0 Å². The highest BCUT2D eigenvalue weighted by atomic mass is 28.6. The smallest absolute Gasteiger partial charge is 0.374 e. The summed E-state index contributed by atoms with van der Waals surface area (Å²) in [5.74, 6) is 0. The zero-order chi connectivity index (χ0) is 39.8. The molecule has 0 amide bonds. The highest BCUT2D eigenvalue weighted by Crippen LogP contribution is 2.47. The molecule has 53 heavy (non-hydrogen) atoms. The Bertz CT molecular complexity index is 1140. The first-order chi connectivity index (χ1) is 24.3. The van der Waals surface area contributed by atoms with Gasteiger partial charge < -0.3 is 85.1 Å². The summed E-state index contributed by atoms with van der Waals surface area (Å²) in [6.07, 6.45) is -4.82. The van der Waals surface area contributed by atoms with Gasteiger partial charge in [-0.3, -0.25) is 0 Å². The maximum absolute atomic E-state index is 6.94. The molecular weight excluding hydrogens is 845 g/mol. The molecule has 4 rings (SSSR count). The van der Waals surface area contributed by atoms with Crippen LogP contribution < -0.4 is 0 Å². The molecule has 6 bridgehead atoms. The molecule has 4 saturated heterocycles. The van der Waals surface area contributed by atoms with Crippen molar-refractivity contribution in [3.63, 3.8) is 0 Å². The monoisotopic (exact) mass is 904 g/mol. The number of hydrogen-bond acceptors (Lipinski definition) is 20. The molecule has 0 saturated carbocycles. The van der Waals surface area contributed by atoms with Crippen LogP contribution in [-0.4, -0.2) is 129 Å². The number of rotatable bonds is 17. The van der Waals surface area contributed by atoms with Crippen LogP contribution in [0.4, 0.5) is 0 Å². The van der Waals surface area contributed by atoms with Crippen molar-refractivity contribution < 1.29 is 85.1 Å². The molecular formula is C25H60O20Si8. The molecule has 0 aromatic carbocycles. The lowest BCUT2D eigenvalue weighted by atomic mass is 10.5. The highest BCUT2D eigenvalue weighted by Gasteiger charge is 2.87. The van der Waals surface area contributed by atoms with E-state index in [0.29, 0.717) is 0 Å². The molecule has 6 unspecified atom stereocenters. The Morgan fingerprint density at radius 2 is 0.566 bits per heavy atom. The van der Waals surface area contributed by atoms with E-state index in [1.54, 1.807) is 111 Å². The summed E-state index contributed by atoms with van der Waals surface area (Å²) in [7, 11) is -36.5. The van der Waals surface area contributed by atoms with Crippen molar-refractivity contribution in [3.05, 3.63) is 0 Å². The van der Waals surface area contributed by atoms with E-state index < -0.39 is 122 Å². The largest absolute Gasteiger partial charge is 0.668 e. The van der Waals surface area contributed by atoms with Crippen molar-refractivity contribution in [1.29, 1.82) is 0 Å². The fourth-order valence-electron chi connectivity index (χ4n) is 4.96. The number of fused-ring (bicyclic) bond motifs is 4. The van der Waals surface area contributed by atoms with Crippen LogP contribution in [0.1, 0.15) is 111 Å². The van der Waals surface area contributed by atoms with E-state index >= 15 is 0 Å². The molecule has 312 valence electrons. The van der Waals surface area contributed by atoms with Gasteiger partial charge in [-0.15, -0.1) is 0 Å². The normalized spacial score (nSPS) is 39.5. The Balaban J connectivity index is 2.24. The van der Waals surface area contributed by atoms with Gasteiger partial charge in [0.2, 0.25) is 0 Å². The molecule has 0 aliphatic carbocycles. The van der Waals surface area contributed by atoms with Crippen LogP contribution in [0.25, 0.3) is 0 Å². The third-order valence-corrected chi connectivity index (χ3v) is 34.5. The van der Waals surface area contributed by atoms with Gasteiger partial charge in [-0.2, -0.15) is 0 Å². The van der Waals surface area contributed by atoms with Gasteiger partial charge in [0, 0.05) is 55.9 Å². The van der Waals surface area contributed by atoms with E-state index in [4.69, 9.17) is 85.1 Å². The van der Waals surface area contributed by atoms with Crippen molar-refractivity contribution in [1.82, 2.24) is 0 Å². The molecule has 28 heteroatoms. The van der Waals surface area contributed by atoms with Gasteiger partial charge in [0.15, 0.2) is 0 Å². The summed E-state index contributed by atoms with van der Waals surface area (Å²) in [4.78, 5) is 0. The third-order valence-electron chi connectivity index (χ3n) is 6.02. The molecule has 4 heterocycles. The molecule has 0 spiro atoms. The molecule has 4 aliphatic rings. The first kappa shape index (κ1) is 46.6.